The molecular weight excluding hydrogens is 363 g/mol. The molecule has 0 amide bonds. The van der Waals surface area contributed by atoms with Crippen LogP contribution < -0.4 is 9.62 Å². The number of nitrogens with one attached hydrogen (secondary N) is 1. The predicted octanol–water partition coefficient (Wildman–Crippen LogP) is 3.11. The Labute approximate surface area is 141 Å². The van der Waals surface area contributed by atoms with Crippen LogP contribution in [0.1, 0.15) is 5.56 Å². The van der Waals surface area contributed by atoms with Crippen LogP contribution in [0, 0.1) is 0 Å². The Hall–Kier alpha value is -1.81. The quantitative estimate of drug-likeness (QED) is 0.889. The van der Waals surface area contributed by atoms with Gasteiger partial charge in [-0.15, -0.1) is 11.3 Å². The van der Waals surface area contributed by atoms with Crippen molar-refractivity contribution in [3.8, 4) is 11.3 Å². The highest BCUT2D eigenvalue weighted by Gasteiger charge is 2.28. The number of thiazole rings is 1. The van der Waals surface area contributed by atoms with Crippen molar-refractivity contribution in [2.45, 2.75) is 12.6 Å². The predicted molar refractivity (Wildman–Crippen MR) is 88.0 cm³/mol. The van der Waals surface area contributed by atoms with Crippen LogP contribution in [0.25, 0.3) is 11.3 Å². The van der Waals surface area contributed by atoms with Gasteiger partial charge in [0.1, 0.15) is 6.54 Å². The third kappa shape index (κ3) is 3.64. The molecule has 2 heterocycles. The number of halogens is 3. The lowest BCUT2D eigenvalue weighted by molar-refractivity contribution is -0.115. The summed E-state index contributed by atoms with van der Waals surface area (Å²) in [6.45, 7) is -0.736. The highest BCUT2D eigenvalue weighted by atomic mass is 32.2. The van der Waals surface area contributed by atoms with Gasteiger partial charge in [0.2, 0.25) is 10.0 Å². The minimum atomic E-state index is -4.30. The first kappa shape index (κ1) is 17.0. The number of rotatable bonds is 4. The fourth-order valence-electron chi connectivity index (χ4n) is 2.54. The standard InChI is InChI=1S/C14H14F3N3O2S2/c1-24(21,22)20-5-4-10-6-9(2-3-12(10)20)11-7-23-13(19-11)18-8-14(15,16)17/h2-3,6-7H,4-5,8H2,1H3,(H,18,19). The lowest BCUT2D eigenvalue weighted by atomic mass is 10.1. The zero-order valence-corrected chi connectivity index (χ0v) is 14.2. The summed E-state index contributed by atoms with van der Waals surface area (Å²) >= 11 is 1.09. The van der Waals surface area contributed by atoms with Crippen molar-refractivity contribution in [3.05, 3.63) is 29.1 Å². The van der Waals surface area contributed by atoms with Crippen LogP contribution in [0.3, 0.4) is 0 Å². The fourth-order valence-corrected chi connectivity index (χ4v) is 4.22. The van der Waals surface area contributed by atoms with E-state index in [-0.39, 0.29) is 5.13 Å². The van der Waals surface area contributed by atoms with Crippen molar-refractivity contribution in [2.75, 3.05) is 29.0 Å². The molecule has 1 aromatic carbocycles. The lowest BCUT2D eigenvalue weighted by Crippen LogP contribution is -2.27. The van der Waals surface area contributed by atoms with Gasteiger partial charge in [0, 0.05) is 17.5 Å². The zero-order valence-electron chi connectivity index (χ0n) is 12.6. The average molecular weight is 377 g/mol. The molecule has 0 saturated carbocycles. The average Bonchev–Trinajstić information content (AvgIpc) is 3.09. The van der Waals surface area contributed by atoms with E-state index in [0.29, 0.717) is 24.3 Å². The van der Waals surface area contributed by atoms with Crippen LogP contribution in [0.5, 0.6) is 0 Å². The summed E-state index contributed by atoms with van der Waals surface area (Å²) in [5, 5.41) is 4.11. The Morgan fingerprint density at radius 2 is 2.12 bits per heavy atom. The van der Waals surface area contributed by atoms with E-state index in [1.807, 2.05) is 6.07 Å². The molecule has 2 aromatic rings. The van der Waals surface area contributed by atoms with E-state index in [1.165, 1.54) is 4.31 Å². The van der Waals surface area contributed by atoms with E-state index in [4.69, 9.17) is 0 Å². The summed E-state index contributed by atoms with van der Waals surface area (Å²) in [6.07, 6.45) is -2.54. The lowest BCUT2D eigenvalue weighted by Gasteiger charge is -2.16. The van der Waals surface area contributed by atoms with Crippen molar-refractivity contribution in [3.63, 3.8) is 0 Å². The second-order valence-corrected chi connectivity index (χ2v) is 8.20. The maximum absolute atomic E-state index is 12.2. The van der Waals surface area contributed by atoms with E-state index in [0.717, 1.165) is 28.7 Å². The number of fused-ring (bicyclic) bond motifs is 1. The minimum absolute atomic E-state index is 0.195. The van der Waals surface area contributed by atoms with E-state index in [2.05, 4.69) is 10.3 Å². The molecule has 3 rings (SSSR count). The van der Waals surface area contributed by atoms with Gasteiger partial charge in [0.25, 0.3) is 0 Å². The first-order valence-electron chi connectivity index (χ1n) is 7.01. The number of anilines is 2. The van der Waals surface area contributed by atoms with Crippen LogP contribution in [0.15, 0.2) is 23.6 Å². The normalized spacial score (nSPS) is 14.8. The molecule has 0 radical (unpaired) electrons. The van der Waals surface area contributed by atoms with Gasteiger partial charge in [-0.3, -0.25) is 4.31 Å². The Morgan fingerprint density at radius 3 is 2.79 bits per heavy atom. The van der Waals surface area contributed by atoms with E-state index < -0.39 is 22.7 Å². The molecule has 1 N–H and O–H groups in total. The van der Waals surface area contributed by atoms with Crippen molar-refractivity contribution in [2.24, 2.45) is 0 Å². The van der Waals surface area contributed by atoms with Gasteiger partial charge >= 0.3 is 6.18 Å². The SMILES string of the molecule is CS(=O)(=O)N1CCc2cc(-c3csc(NCC(F)(F)F)n3)ccc21. The Morgan fingerprint density at radius 1 is 1.38 bits per heavy atom. The number of aromatic nitrogens is 1. The monoisotopic (exact) mass is 377 g/mol. The Bertz CT molecular complexity index is 862. The first-order valence-corrected chi connectivity index (χ1v) is 9.73. The molecule has 1 aromatic heterocycles. The maximum Gasteiger partial charge on any atom is 0.405 e. The molecule has 24 heavy (non-hydrogen) atoms. The maximum atomic E-state index is 12.2. The van der Waals surface area contributed by atoms with Crippen LogP contribution in [0.2, 0.25) is 0 Å². The highest BCUT2D eigenvalue weighted by Crippen LogP contribution is 2.34. The van der Waals surface area contributed by atoms with Crippen LogP contribution in [-0.4, -0.2) is 38.9 Å². The third-order valence-electron chi connectivity index (χ3n) is 3.57. The van der Waals surface area contributed by atoms with Gasteiger partial charge in [-0.1, -0.05) is 6.07 Å². The summed E-state index contributed by atoms with van der Waals surface area (Å²) < 4.78 is 61.4. The number of hydrogen-bond donors (Lipinski definition) is 1. The summed E-state index contributed by atoms with van der Waals surface area (Å²) in [5.41, 5.74) is 2.84. The van der Waals surface area contributed by atoms with Gasteiger partial charge in [0.15, 0.2) is 5.13 Å². The minimum Gasteiger partial charge on any atom is -0.352 e. The molecule has 0 aliphatic carbocycles. The summed E-state index contributed by atoms with van der Waals surface area (Å²) in [4.78, 5) is 4.15. The number of nitrogens with zero attached hydrogens (tertiary/aromatic N) is 2. The Kier molecular flexibility index (Phi) is 4.20. The van der Waals surface area contributed by atoms with Gasteiger partial charge in [0.05, 0.1) is 17.6 Å². The van der Waals surface area contributed by atoms with Gasteiger partial charge < -0.3 is 5.32 Å². The van der Waals surface area contributed by atoms with Gasteiger partial charge in [-0.2, -0.15) is 13.2 Å². The smallest absolute Gasteiger partial charge is 0.352 e. The van der Waals surface area contributed by atoms with Crippen molar-refractivity contribution >= 4 is 32.2 Å². The van der Waals surface area contributed by atoms with E-state index in [1.54, 1.807) is 17.5 Å². The second kappa shape index (κ2) is 5.92. The number of sulfonamides is 1. The fraction of sp³-hybridized carbons (Fsp3) is 0.357. The van der Waals surface area contributed by atoms with Crippen LogP contribution in [0.4, 0.5) is 24.0 Å². The Balaban J connectivity index is 1.81. The molecule has 0 atom stereocenters. The highest BCUT2D eigenvalue weighted by molar-refractivity contribution is 7.92. The van der Waals surface area contributed by atoms with Crippen molar-refractivity contribution in [1.29, 1.82) is 0 Å². The molecule has 0 unspecified atom stereocenters. The van der Waals surface area contributed by atoms with Gasteiger partial charge in [-0.05, 0) is 24.1 Å². The molecule has 5 nitrogen and oxygen atoms in total. The molecule has 1 aliphatic rings. The first-order chi connectivity index (χ1) is 11.1. The molecule has 0 spiro atoms. The molecule has 0 saturated heterocycles. The molecule has 130 valence electrons. The van der Waals surface area contributed by atoms with Crippen LogP contribution >= 0.6 is 11.3 Å². The van der Waals surface area contributed by atoms with Crippen LogP contribution in [-0.2, 0) is 16.4 Å². The third-order valence-corrected chi connectivity index (χ3v) is 5.55. The summed E-state index contributed by atoms with van der Waals surface area (Å²) in [7, 11) is -3.31. The van der Waals surface area contributed by atoms with Crippen molar-refractivity contribution < 1.29 is 21.6 Å². The molecule has 0 fully saturated rings. The molecular formula is C14H14F3N3O2S2. The number of benzene rings is 1. The van der Waals surface area contributed by atoms with Crippen molar-refractivity contribution in [1.82, 2.24) is 4.98 Å². The van der Waals surface area contributed by atoms with E-state index >= 15 is 0 Å². The number of hydrogen-bond acceptors (Lipinski definition) is 5. The second-order valence-electron chi connectivity index (χ2n) is 5.44. The van der Waals surface area contributed by atoms with Gasteiger partial charge in [-0.25, -0.2) is 13.4 Å². The zero-order chi connectivity index (χ0) is 17.5. The molecule has 1 aliphatic heterocycles. The molecule has 0 bridgehead atoms. The van der Waals surface area contributed by atoms with E-state index in [9.17, 15) is 21.6 Å². The topological polar surface area (TPSA) is 62.3 Å². The summed E-state index contributed by atoms with van der Waals surface area (Å²) in [5.74, 6) is 0. The molecule has 10 heteroatoms. The summed E-state index contributed by atoms with van der Waals surface area (Å²) in [6, 6.07) is 5.27. The number of alkyl halides is 3. The largest absolute Gasteiger partial charge is 0.405 e.